The third-order valence-electron chi connectivity index (χ3n) is 5.31. The number of carbonyl (C=O) groups excluding carboxylic acids is 3. The predicted molar refractivity (Wildman–Crippen MR) is 116 cm³/mol. The van der Waals surface area contributed by atoms with E-state index >= 15 is 0 Å². The van der Waals surface area contributed by atoms with Gasteiger partial charge in [0.05, 0.1) is 6.42 Å². The number of hydrogen-bond acceptors (Lipinski definition) is 3. The monoisotopic (exact) mass is 401 g/mol. The zero-order valence-electron chi connectivity index (χ0n) is 16.6. The molecule has 6 nitrogen and oxygen atoms in total. The van der Waals surface area contributed by atoms with Crippen molar-refractivity contribution in [2.24, 2.45) is 0 Å². The number of carbonyl (C=O) groups is 3. The summed E-state index contributed by atoms with van der Waals surface area (Å²) in [6.07, 6.45) is 2.63. The maximum Gasteiger partial charge on any atom is 0.269 e. The van der Waals surface area contributed by atoms with Crippen LogP contribution in [0.4, 0.5) is 5.69 Å². The lowest BCUT2D eigenvalue weighted by atomic mass is 10.0. The molecule has 3 aromatic rings. The van der Waals surface area contributed by atoms with Gasteiger partial charge in [-0.25, -0.2) is 0 Å². The molecular weight excluding hydrogens is 378 g/mol. The highest BCUT2D eigenvalue weighted by Crippen LogP contribution is 2.21. The highest BCUT2D eigenvalue weighted by molar-refractivity contribution is 5.98. The normalized spacial score (nSPS) is 13.9. The number of piperidine rings is 1. The highest BCUT2D eigenvalue weighted by atomic mass is 16.2. The first-order valence-electron chi connectivity index (χ1n) is 10.1. The van der Waals surface area contributed by atoms with Crippen molar-refractivity contribution in [2.75, 3.05) is 11.4 Å². The van der Waals surface area contributed by atoms with Crippen LogP contribution in [0.5, 0.6) is 0 Å². The number of nitrogens with zero attached hydrogens (tertiary/aromatic N) is 1. The fraction of sp³-hybridized carbons (Fsp3) is 0.208. The summed E-state index contributed by atoms with van der Waals surface area (Å²) in [7, 11) is 0. The third-order valence-corrected chi connectivity index (χ3v) is 5.31. The van der Waals surface area contributed by atoms with E-state index in [4.69, 9.17) is 0 Å². The summed E-state index contributed by atoms with van der Waals surface area (Å²) >= 11 is 0. The number of nitrogens with one attached hydrogen (secondary N) is 2. The van der Waals surface area contributed by atoms with Gasteiger partial charge in [-0.1, -0.05) is 42.5 Å². The third kappa shape index (κ3) is 4.33. The Bertz CT molecular complexity index is 1090. The molecule has 2 N–H and O–H groups in total. The van der Waals surface area contributed by atoms with Gasteiger partial charge in [0.25, 0.3) is 5.91 Å². The maximum absolute atomic E-state index is 12.4. The zero-order chi connectivity index (χ0) is 20.9. The van der Waals surface area contributed by atoms with Crippen molar-refractivity contribution < 1.29 is 14.4 Å². The van der Waals surface area contributed by atoms with Crippen molar-refractivity contribution in [3.8, 4) is 0 Å². The summed E-state index contributed by atoms with van der Waals surface area (Å²) in [5, 5.41) is 2.09. The van der Waals surface area contributed by atoms with Gasteiger partial charge in [-0.3, -0.25) is 25.2 Å². The molecule has 0 spiro atoms. The van der Waals surface area contributed by atoms with Crippen LogP contribution in [0.15, 0.2) is 66.7 Å². The van der Waals surface area contributed by atoms with Crippen LogP contribution < -0.4 is 15.8 Å². The molecule has 3 amide bonds. The van der Waals surface area contributed by atoms with E-state index in [-0.39, 0.29) is 18.2 Å². The molecule has 0 radical (unpaired) electrons. The number of rotatable bonds is 4. The van der Waals surface area contributed by atoms with Crippen molar-refractivity contribution in [3.63, 3.8) is 0 Å². The number of hydrogen-bond donors (Lipinski definition) is 2. The van der Waals surface area contributed by atoms with Gasteiger partial charge in [0.1, 0.15) is 0 Å². The fourth-order valence-electron chi connectivity index (χ4n) is 3.73. The molecule has 152 valence electrons. The van der Waals surface area contributed by atoms with Crippen LogP contribution in [-0.4, -0.2) is 24.3 Å². The van der Waals surface area contributed by atoms with Crippen LogP contribution in [0.25, 0.3) is 10.8 Å². The van der Waals surface area contributed by atoms with Gasteiger partial charge in [0.15, 0.2) is 0 Å². The van der Waals surface area contributed by atoms with Crippen molar-refractivity contribution >= 4 is 34.2 Å². The van der Waals surface area contributed by atoms with Crippen LogP contribution in [0.2, 0.25) is 0 Å². The van der Waals surface area contributed by atoms with Crippen molar-refractivity contribution in [2.45, 2.75) is 25.7 Å². The standard InChI is InChI=1S/C24H23N3O3/c28-22(16-19-8-5-7-17-6-1-2-9-21(17)19)25-26-24(30)18-11-13-20(14-12-18)27-15-4-3-10-23(27)29/h1-2,5-9,11-14H,3-4,10,15-16H2,(H,25,28)(H,26,30). The van der Waals surface area contributed by atoms with E-state index in [1.165, 1.54) is 0 Å². The Morgan fingerprint density at radius 3 is 2.43 bits per heavy atom. The average molecular weight is 401 g/mol. The van der Waals surface area contributed by atoms with Crippen molar-refractivity contribution in [1.82, 2.24) is 10.9 Å². The molecule has 1 heterocycles. The van der Waals surface area contributed by atoms with Gasteiger partial charge < -0.3 is 4.90 Å². The number of fused-ring (bicyclic) bond motifs is 1. The molecule has 0 saturated carbocycles. The second-order valence-corrected chi connectivity index (χ2v) is 7.37. The lowest BCUT2D eigenvalue weighted by Crippen LogP contribution is -2.42. The second-order valence-electron chi connectivity index (χ2n) is 7.37. The van der Waals surface area contributed by atoms with Crippen molar-refractivity contribution in [1.29, 1.82) is 0 Å². The van der Waals surface area contributed by atoms with Gasteiger partial charge in [0, 0.05) is 24.2 Å². The number of hydrazine groups is 1. The molecule has 1 saturated heterocycles. The summed E-state index contributed by atoms with van der Waals surface area (Å²) < 4.78 is 0. The van der Waals surface area contributed by atoms with Crippen LogP contribution in [0.3, 0.4) is 0 Å². The fourth-order valence-corrected chi connectivity index (χ4v) is 3.73. The lowest BCUT2D eigenvalue weighted by Gasteiger charge is -2.26. The molecule has 0 aromatic heterocycles. The van der Waals surface area contributed by atoms with Crippen LogP contribution in [0.1, 0.15) is 35.2 Å². The van der Waals surface area contributed by atoms with Crippen LogP contribution >= 0.6 is 0 Å². The summed E-state index contributed by atoms with van der Waals surface area (Å²) in [6.45, 7) is 0.703. The van der Waals surface area contributed by atoms with E-state index in [1.807, 2.05) is 42.5 Å². The van der Waals surface area contributed by atoms with E-state index in [2.05, 4.69) is 10.9 Å². The topological polar surface area (TPSA) is 78.5 Å². The van der Waals surface area contributed by atoms with E-state index in [0.29, 0.717) is 18.5 Å². The van der Waals surface area contributed by atoms with Gasteiger partial charge >= 0.3 is 0 Å². The van der Waals surface area contributed by atoms with Crippen molar-refractivity contribution in [3.05, 3.63) is 77.9 Å². The molecule has 0 unspecified atom stereocenters. The number of anilines is 1. The molecular formula is C24H23N3O3. The Morgan fingerprint density at radius 1 is 0.867 bits per heavy atom. The van der Waals surface area contributed by atoms with E-state index in [0.717, 1.165) is 34.9 Å². The van der Waals surface area contributed by atoms with Gasteiger partial charge in [0.2, 0.25) is 11.8 Å². The summed E-state index contributed by atoms with van der Waals surface area (Å²) in [5.41, 5.74) is 7.03. The maximum atomic E-state index is 12.4. The molecule has 30 heavy (non-hydrogen) atoms. The van der Waals surface area contributed by atoms with Crippen LogP contribution in [0, 0.1) is 0 Å². The largest absolute Gasteiger partial charge is 0.312 e. The number of benzene rings is 3. The second kappa shape index (κ2) is 8.78. The van der Waals surface area contributed by atoms with E-state index < -0.39 is 5.91 Å². The first kappa shape index (κ1) is 19.6. The Balaban J connectivity index is 1.35. The number of amides is 3. The van der Waals surface area contributed by atoms with E-state index in [1.54, 1.807) is 29.2 Å². The predicted octanol–water partition coefficient (Wildman–Crippen LogP) is 3.36. The Labute approximate surface area is 174 Å². The average Bonchev–Trinajstić information content (AvgIpc) is 2.78. The summed E-state index contributed by atoms with van der Waals surface area (Å²) in [5.74, 6) is -0.591. The first-order chi connectivity index (χ1) is 14.6. The van der Waals surface area contributed by atoms with Gasteiger partial charge in [-0.15, -0.1) is 0 Å². The molecule has 1 aliphatic rings. The van der Waals surface area contributed by atoms with E-state index in [9.17, 15) is 14.4 Å². The molecule has 1 fully saturated rings. The molecule has 0 aliphatic carbocycles. The SMILES string of the molecule is O=C(Cc1cccc2ccccc12)NNC(=O)c1ccc(N2CCCCC2=O)cc1. The molecule has 4 rings (SSSR count). The Hall–Kier alpha value is -3.67. The molecule has 1 aliphatic heterocycles. The quantitative estimate of drug-likeness (QED) is 0.658. The molecule has 0 bridgehead atoms. The minimum atomic E-state index is -0.405. The molecule has 6 heteroatoms. The lowest BCUT2D eigenvalue weighted by molar-refractivity contribution is -0.121. The zero-order valence-corrected chi connectivity index (χ0v) is 16.6. The summed E-state index contributed by atoms with van der Waals surface area (Å²) in [6, 6.07) is 20.5. The molecule has 3 aromatic carbocycles. The molecule has 0 atom stereocenters. The summed E-state index contributed by atoms with van der Waals surface area (Å²) in [4.78, 5) is 38.4. The minimum absolute atomic E-state index is 0.110. The first-order valence-corrected chi connectivity index (χ1v) is 10.1. The van der Waals surface area contributed by atoms with Crippen LogP contribution in [-0.2, 0) is 16.0 Å². The Kier molecular flexibility index (Phi) is 5.75. The smallest absolute Gasteiger partial charge is 0.269 e. The van der Waals surface area contributed by atoms with Gasteiger partial charge in [-0.2, -0.15) is 0 Å². The Morgan fingerprint density at radius 2 is 1.63 bits per heavy atom. The minimum Gasteiger partial charge on any atom is -0.312 e. The highest BCUT2D eigenvalue weighted by Gasteiger charge is 2.19. The van der Waals surface area contributed by atoms with Gasteiger partial charge in [-0.05, 0) is 53.4 Å².